The Kier molecular flexibility index (Phi) is 4.97. The molecule has 0 fully saturated rings. The van der Waals surface area contributed by atoms with Crippen LogP contribution in [-0.2, 0) is 9.59 Å². The summed E-state index contributed by atoms with van der Waals surface area (Å²) in [5.74, 6) is -2.42. The summed E-state index contributed by atoms with van der Waals surface area (Å²) in [5, 5.41) is 27.9. The topological polar surface area (TPSA) is 133 Å². The van der Waals surface area contributed by atoms with Gasteiger partial charge in [-0.15, -0.1) is 0 Å². The second-order valence-electron chi connectivity index (χ2n) is 2.46. The molecule has 0 heterocycles. The molecule has 0 radical (unpaired) electrons. The van der Waals surface area contributed by atoms with Crippen LogP contribution in [0.4, 0.5) is 0 Å². The number of nitrogens with two attached hydrogens (primary N) is 1. The van der Waals surface area contributed by atoms with Gasteiger partial charge in [-0.2, -0.15) is 0 Å². The Morgan fingerprint density at radius 3 is 2.31 bits per heavy atom. The molecular weight excluding hydrogens is 180 g/mol. The van der Waals surface area contributed by atoms with Crippen molar-refractivity contribution in [2.45, 2.75) is 12.1 Å². The third-order valence-electron chi connectivity index (χ3n) is 1.33. The number of carboxylic acid groups (broad SMARTS) is 2. The van der Waals surface area contributed by atoms with E-state index in [-0.39, 0.29) is 13.1 Å². The molecule has 0 saturated heterocycles. The van der Waals surface area contributed by atoms with Crippen molar-refractivity contribution in [3.8, 4) is 0 Å². The van der Waals surface area contributed by atoms with E-state index in [2.05, 4.69) is 5.32 Å². The smallest absolute Gasteiger partial charge is 0.323 e. The van der Waals surface area contributed by atoms with Crippen LogP contribution in [0.25, 0.3) is 0 Å². The predicted octanol–water partition coefficient (Wildman–Crippen LogP) is -2.57. The molecule has 0 aromatic carbocycles. The first-order valence-electron chi connectivity index (χ1n) is 3.54. The molecule has 0 bridgehead atoms. The van der Waals surface area contributed by atoms with Crippen molar-refractivity contribution in [1.29, 1.82) is 0 Å². The molecule has 0 spiro atoms. The van der Waals surface area contributed by atoms with Crippen LogP contribution in [-0.4, -0.2) is 52.5 Å². The lowest BCUT2D eigenvalue weighted by molar-refractivity contribution is -0.141. The molecule has 0 saturated carbocycles. The molecule has 0 unspecified atom stereocenters. The summed E-state index contributed by atoms with van der Waals surface area (Å²) >= 11 is 0. The lowest BCUT2D eigenvalue weighted by atomic mass is 10.2. The van der Waals surface area contributed by atoms with E-state index < -0.39 is 24.1 Å². The highest BCUT2D eigenvalue weighted by Gasteiger charge is 2.21. The predicted molar refractivity (Wildman–Crippen MR) is 42.1 cm³/mol. The molecular formula is C6H12N2O5. The third-order valence-corrected chi connectivity index (χ3v) is 1.33. The fourth-order valence-electron chi connectivity index (χ4n) is 0.619. The molecule has 13 heavy (non-hydrogen) atoms. The minimum Gasteiger partial charge on any atom is -0.480 e. The molecule has 0 aliphatic heterocycles. The fourth-order valence-corrected chi connectivity index (χ4v) is 0.619. The van der Waals surface area contributed by atoms with Gasteiger partial charge in [0.2, 0.25) is 0 Å². The van der Waals surface area contributed by atoms with Gasteiger partial charge in [-0.1, -0.05) is 0 Å². The molecule has 76 valence electrons. The van der Waals surface area contributed by atoms with E-state index in [1.165, 1.54) is 0 Å². The van der Waals surface area contributed by atoms with Gasteiger partial charge < -0.3 is 26.4 Å². The van der Waals surface area contributed by atoms with Gasteiger partial charge in [-0.05, 0) is 0 Å². The Morgan fingerprint density at radius 1 is 1.38 bits per heavy atom. The zero-order chi connectivity index (χ0) is 10.4. The van der Waals surface area contributed by atoms with Crippen LogP contribution >= 0.6 is 0 Å². The standard InChI is InChI=1S/C6H12N2O5/c7-5(6(12)13)3(9)1-8-2-4(10)11/h3,5,8-9H,1-2,7H2,(H,10,11)(H,12,13)/t3-,5-/m0/s1. The summed E-state index contributed by atoms with van der Waals surface area (Å²) in [5.41, 5.74) is 5.04. The van der Waals surface area contributed by atoms with Crippen LogP contribution in [0.15, 0.2) is 0 Å². The average Bonchev–Trinajstić information content (AvgIpc) is 2.02. The van der Waals surface area contributed by atoms with Gasteiger partial charge in [0.05, 0.1) is 12.6 Å². The highest BCUT2D eigenvalue weighted by Crippen LogP contribution is 1.88. The van der Waals surface area contributed by atoms with Crippen molar-refractivity contribution in [3.05, 3.63) is 0 Å². The number of carbonyl (C=O) groups is 2. The van der Waals surface area contributed by atoms with Crippen molar-refractivity contribution in [2.24, 2.45) is 5.73 Å². The Balaban J connectivity index is 3.67. The first kappa shape index (κ1) is 11.8. The molecule has 0 aromatic heterocycles. The molecule has 2 atom stereocenters. The van der Waals surface area contributed by atoms with E-state index in [9.17, 15) is 9.59 Å². The molecule has 0 rings (SSSR count). The maximum Gasteiger partial charge on any atom is 0.323 e. The quantitative estimate of drug-likeness (QED) is 0.312. The van der Waals surface area contributed by atoms with E-state index in [1.807, 2.05) is 0 Å². The van der Waals surface area contributed by atoms with Crippen LogP contribution in [0.5, 0.6) is 0 Å². The van der Waals surface area contributed by atoms with E-state index in [0.29, 0.717) is 0 Å². The van der Waals surface area contributed by atoms with E-state index in [0.717, 1.165) is 0 Å². The van der Waals surface area contributed by atoms with Gasteiger partial charge >= 0.3 is 11.9 Å². The molecule has 7 heteroatoms. The number of aliphatic carboxylic acids is 2. The van der Waals surface area contributed by atoms with E-state index >= 15 is 0 Å². The molecule has 0 amide bonds. The maximum atomic E-state index is 10.2. The summed E-state index contributed by atoms with van der Waals surface area (Å²) in [4.78, 5) is 20.2. The number of carboxylic acids is 2. The van der Waals surface area contributed by atoms with Crippen LogP contribution in [0.3, 0.4) is 0 Å². The number of rotatable bonds is 6. The van der Waals surface area contributed by atoms with Crippen molar-refractivity contribution in [2.75, 3.05) is 13.1 Å². The van der Waals surface area contributed by atoms with Crippen molar-refractivity contribution in [1.82, 2.24) is 5.32 Å². The molecule has 0 aliphatic rings. The number of aliphatic hydroxyl groups is 1. The second-order valence-corrected chi connectivity index (χ2v) is 2.46. The zero-order valence-electron chi connectivity index (χ0n) is 6.80. The lowest BCUT2D eigenvalue weighted by Gasteiger charge is -2.14. The third kappa shape index (κ3) is 5.12. The van der Waals surface area contributed by atoms with Gasteiger partial charge in [0.1, 0.15) is 6.04 Å². The summed E-state index contributed by atoms with van der Waals surface area (Å²) in [6.45, 7) is -0.511. The second kappa shape index (κ2) is 5.46. The largest absolute Gasteiger partial charge is 0.480 e. The fraction of sp³-hybridized carbons (Fsp3) is 0.667. The minimum absolute atomic E-state index is 0.167. The van der Waals surface area contributed by atoms with Gasteiger partial charge in [0, 0.05) is 6.54 Å². The van der Waals surface area contributed by atoms with Gasteiger partial charge in [-0.25, -0.2) is 0 Å². The summed E-state index contributed by atoms with van der Waals surface area (Å²) in [6, 6.07) is -1.40. The van der Waals surface area contributed by atoms with Gasteiger partial charge in [-0.3, -0.25) is 9.59 Å². The summed E-state index contributed by atoms with van der Waals surface area (Å²) < 4.78 is 0. The van der Waals surface area contributed by atoms with E-state index in [1.54, 1.807) is 0 Å². The van der Waals surface area contributed by atoms with Crippen molar-refractivity contribution < 1.29 is 24.9 Å². The SMILES string of the molecule is N[C@H](C(=O)O)[C@@H](O)CNCC(=O)O. The number of aliphatic hydroxyl groups excluding tert-OH is 1. The van der Waals surface area contributed by atoms with Crippen LogP contribution < -0.4 is 11.1 Å². The first-order chi connectivity index (χ1) is 5.95. The summed E-state index contributed by atoms with van der Waals surface area (Å²) in [7, 11) is 0. The minimum atomic E-state index is -1.40. The van der Waals surface area contributed by atoms with E-state index in [4.69, 9.17) is 21.1 Å². The highest BCUT2D eigenvalue weighted by atomic mass is 16.4. The molecule has 7 nitrogen and oxygen atoms in total. The Labute approximate surface area is 74.2 Å². The molecule has 0 aromatic rings. The Bertz CT molecular complexity index is 195. The lowest BCUT2D eigenvalue weighted by Crippen LogP contribution is -2.47. The Hall–Kier alpha value is -1.18. The first-order valence-corrected chi connectivity index (χ1v) is 3.54. The number of nitrogens with one attached hydrogen (secondary N) is 1. The van der Waals surface area contributed by atoms with Gasteiger partial charge in [0.25, 0.3) is 0 Å². The zero-order valence-corrected chi connectivity index (χ0v) is 6.80. The maximum absolute atomic E-state index is 10.2. The summed E-state index contributed by atoms with van der Waals surface area (Å²) in [6.07, 6.45) is -1.29. The normalized spacial score (nSPS) is 14.9. The van der Waals surface area contributed by atoms with Crippen LogP contribution in [0.1, 0.15) is 0 Å². The van der Waals surface area contributed by atoms with Crippen molar-refractivity contribution in [3.63, 3.8) is 0 Å². The molecule has 0 aliphatic carbocycles. The molecule has 6 N–H and O–H groups in total. The number of hydrogen-bond acceptors (Lipinski definition) is 5. The average molecular weight is 192 g/mol. The van der Waals surface area contributed by atoms with Gasteiger partial charge in [0.15, 0.2) is 0 Å². The highest BCUT2D eigenvalue weighted by molar-refractivity contribution is 5.74. The monoisotopic (exact) mass is 192 g/mol. The van der Waals surface area contributed by atoms with Crippen LogP contribution in [0.2, 0.25) is 0 Å². The number of hydrogen-bond donors (Lipinski definition) is 5. The van der Waals surface area contributed by atoms with Crippen LogP contribution in [0, 0.1) is 0 Å². The van der Waals surface area contributed by atoms with Crippen molar-refractivity contribution >= 4 is 11.9 Å². The Morgan fingerprint density at radius 2 is 1.92 bits per heavy atom.